The van der Waals surface area contributed by atoms with Crippen molar-refractivity contribution in [3.63, 3.8) is 0 Å². The van der Waals surface area contributed by atoms with Gasteiger partial charge < -0.3 is 15.0 Å². The summed E-state index contributed by atoms with van der Waals surface area (Å²) in [6.45, 7) is 3.08. The number of hydrogen-bond acceptors (Lipinski definition) is 6. The zero-order valence-electron chi connectivity index (χ0n) is 14.7. The monoisotopic (exact) mass is 352 g/mol. The topological polar surface area (TPSA) is 84.7 Å². The molecule has 1 N–H and O–H groups in total. The molecule has 1 saturated heterocycles. The smallest absolute Gasteiger partial charge is 0.254 e. The van der Waals surface area contributed by atoms with Crippen LogP contribution in [0.2, 0.25) is 0 Å². The molecule has 4 rings (SSSR count). The first-order valence-corrected chi connectivity index (χ1v) is 8.49. The zero-order chi connectivity index (χ0) is 18.1. The van der Waals surface area contributed by atoms with Crippen molar-refractivity contribution in [2.75, 3.05) is 23.9 Å². The first-order valence-electron chi connectivity index (χ1n) is 8.49. The molecule has 0 aliphatic carbocycles. The summed E-state index contributed by atoms with van der Waals surface area (Å²) in [5.41, 5.74) is 2.83. The minimum absolute atomic E-state index is 0.0484. The van der Waals surface area contributed by atoms with E-state index in [1.165, 1.54) is 11.9 Å². The third-order valence-electron chi connectivity index (χ3n) is 4.47. The largest absolute Gasteiger partial charge is 0.378 e. The van der Waals surface area contributed by atoms with Gasteiger partial charge >= 0.3 is 0 Å². The Bertz CT molecular complexity index is 937. The lowest BCUT2D eigenvalue weighted by Gasteiger charge is -2.18. The van der Waals surface area contributed by atoms with Crippen molar-refractivity contribution >= 4 is 23.2 Å². The van der Waals surface area contributed by atoms with E-state index in [0.29, 0.717) is 31.2 Å². The highest BCUT2D eigenvalue weighted by atomic mass is 16.5. The maximum atomic E-state index is 12.9. The molecule has 26 heavy (non-hydrogen) atoms. The van der Waals surface area contributed by atoms with Gasteiger partial charge in [-0.15, -0.1) is 0 Å². The molecule has 8 heteroatoms. The van der Waals surface area contributed by atoms with Gasteiger partial charge in [-0.3, -0.25) is 4.79 Å². The van der Waals surface area contributed by atoms with Crippen molar-refractivity contribution in [3.05, 3.63) is 47.9 Å². The molecule has 1 atom stereocenters. The lowest BCUT2D eigenvalue weighted by atomic mass is 10.2. The van der Waals surface area contributed by atoms with Crippen molar-refractivity contribution in [1.82, 2.24) is 19.6 Å². The predicted molar refractivity (Wildman–Crippen MR) is 97.1 cm³/mol. The lowest BCUT2D eigenvalue weighted by molar-refractivity contribution is -0.117. The number of amides is 1. The Kier molecular flexibility index (Phi) is 4.26. The molecule has 0 spiro atoms. The van der Waals surface area contributed by atoms with Crippen LogP contribution in [0.5, 0.6) is 0 Å². The average molecular weight is 352 g/mol. The summed E-state index contributed by atoms with van der Waals surface area (Å²) in [4.78, 5) is 23.2. The molecule has 1 amide bonds. The Morgan fingerprint density at radius 3 is 2.88 bits per heavy atom. The number of aromatic nitrogens is 4. The average Bonchev–Trinajstić information content (AvgIpc) is 3.24. The van der Waals surface area contributed by atoms with Crippen LogP contribution in [0.3, 0.4) is 0 Å². The van der Waals surface area contributed by atoms with Gasteiger partial charge in [-0.1, -0.05) is 17.7 Å². The number of anilines is 2. The van der Waals surface area contributed by atoms with Gasteiger partial charge in [0, 0.05) is 25.4 Å². The Labute approximate surface area is 150 Å². The van der Waals surface area contributed by atoms with Crippen LogP contribution in [0.15, 0.2) is 36.7 Å². The molecule has 0 saturated carbocycles. The SMILES string of the molecule is COCc1cc(NC2CCN(c3ccc(C)cc3)C2=O)n2ncnc2n1. The summed E-state index contributed by atoms with van der Waals surface area (Å²) in [6, 6.07) is 9.52. The first kappa shape index (κ1) is 16.5. The normalized spacial score (nSPS) is 17.2. The maximum Gasteiger partial charge on any atom is 0.254 e. The number of methoxy groups -OCH3 is 1. The molecular formula is C18H20N6O2. The van der Waals surface area contributed by atoms with Gasteiger partial charge in [0.05, 0.1) is 12.3 Å². The van der Waals surface area contributed by atoms with Crippen LogP contribution in [0.1, 0.15) is 17.7 Å². The Morgan fingerprint density at radius 2 is 2.12 bits per heavy atom. The number of ether oxygens (including phenoxy) is 1. The number of carbonyl (C=O) groups is 1. The van der Waals surface area contributed by atoms with Gasteiger partial charge in [-0.25, -0.2) is 4.98 Å². The number of benzene rings is 1. The maximum absolute atomic E-state index is 12.9. The van der Waals surface area contributed by atoms with Gasteiger partial charge in [0.1, 0.15) is 18.2 Å². The number of rotatable bonds is 5. The van der Waals surface area contributed by atoms with Crippen LogP contribution >= 0.6 is 0 Å². The highest BCUT2D eigenvalue weighted by Gasteiger charge is 2.33. The van der Waals surface area contributed by atoms with Gasteiger partial charge in [0.15, 0.2) is 0 Å². The Morgan fingerprint density at radius 1 is 1.31 bits per heavy atom. The van der Waals surface area contributed by atoms with Gasteiger partial charge in [-0.2, -0.15) is 14.6 Å². The predicted octanol–water partition coefficient (Wildman–Crippen LogP) is 1.80. The second kappa shape index (κ2) is 6.72. The van der Waals surface area contributed by atoms with E-state index in [2.05, 4.69) is 20.4 Å². The van der Waals surface area contributed by atoms with E-state index in [0.717, 1.165) is 11.4 Å². The second-order valence-electron chi connectivity index (χ2n) is 6.35. The number of aryl methyl sites for hydroxylation is 1. The molecule has 0 radical (unpaired) electrons. The fourth-order valence-electron chi connectivity index (χ4n) is 3.16. The van der Waals surface area contributed by atoms with E-state index in [9.17, 15) is 4.79 Å². The van der Waals surface area contributed by atoms with Crippen molar-refractivity contribution in [1.29, 1.82) is 0 Å². The fraction of sp³-hybridized carbons (Fsp3) is 0.333. The van der Waals surface area contributed by atoms with E-state index in [1.54, 1.807) is 11.6 Å². The van der Waals surface area contributed by atoms with Crippen molar-refractivity contribution in [3.8, 4) is 0 Å². The Balaban J connectivity index is 1.58. The minimum atomic E-state index is -0.318. The molecule has 3 aromatic rings. The summed E-state index contributed by atoms with van der Waals surface area (Å²) >= 11 is 0. The van der Waals surface area contributed by atoms with E-state index in [-0.39, 0.29) is 11.9 Å². The summed E-state index contributed by atoms with van der Waals surface area (Å²) in [7, 11) is 1.61. The fourth-order valence-corrected chi connectivity index (χ4v) is 3.16. The lowest BCUT2D eigenvalue weighted by Crippen LogP contribution is -2.34. The molecule has 3 heterocycles. The van der Waals surface area contributed by atoms with Crippen molar-refractivity contribution in [2.45, 2.75) is 26.0 Å². The quantitative estimate of drug-likeness (QED) is 0.754. The van der Waals surface area contributed by atoms with Crippen molar-refractivity contribution in [2.24, 2.45) is 0 Å². The highest BCUT2D eigenvalue weighted by Crippen LogP contribution is 2.24. The number of hydrogen-bond donors (Lipinski definition) is 1. The van der Waals surface area contributed by atoms with Gasteiger partial charge in [-0.05, 0) is 25.5 Å². The van der Waals surface area contributed by atoms with Crippen LogP contribution in [-0.4, -0.2) is 45.2 Å². The van der Waals surface area contributed by atoms with Gasteiger partial charge in [0.2, 0.25) is 5.91 Å². The third kappa shape index (κ3) is 2.99. The summed E-state index contributed by atoms with van der Waals surface area (Å²) in [6.07, 6.45) is 2.16. The summed E-state index contributed by atoms with van der Waals surface area (Å²) < 4.78 is 6.76. The highest BCUT2D eigenvalue weighted by molar-refractivity contribution is 6.00. The molecule has 0 bridgehead atoms. The zero-order valence-corrected chi connectivity index (χ0v) is 14.7. The molecule has 1 aliphatic heterocycles. The molecular weight excluding hydrogens is 332 g/mol. The number of nitrogens with one attached hydrogen (secondary N) is 1. The summed E-state index contributed by atoms with van der Waals surface area (Å²) in [5, 5.41) is 7.49. The van der Waals surface area contributed by atoms with E-state index >= 15 is 0 Å². The summed E-state index contributed by atoms with van der Waals surface area (Å²) in [5.74, 6) is 1.21. The van der Waals surface area contributed by atoms with Crippen LogP contribution in [-0.2, 0) is 16.1 Å². The first-order chi connectivity index (χ1) is 12.7. The van der Waals surface area contributed by atoms with E-state index < -0.39 is 0 Å². The second-order valence-corrected chi connectivity index (χ2v) is 6.35. The van der Waals surface area contributed by atoms with Gasteiger partial charge in [0.25, 0.3) is 5.78 Å². The molecule has 134 valence electrons. The van der Waals surface area contributed by atoms with E-state index in [1.807, 2.05) is 42.2 Å². The minimum Gasteiger partial charge on any atom is -0.378 e. The van der Waals surface area contributed by atoms with Crippen LogP contribution < -0.4 is 10.2 Å². The third-order valence-corrected chi connectivity index (χ3v) is 4.47. The molecule has 2 aromatic heterocycles. The number of carbonyl (C=O) groups excluding carboxylic acids is 1. The molecule has 1 aromatic carbocycles. The molecule has 1 aliphatic rings. The Hall–Kier alpha value is -3.00. The molecule has 1 unspecified atom stereocenters. The molecule has 8 nitrogen and oxygen atoms in total. The van der Waals surface area contributed by atoms with Crippen LogP contribution in [0, 0.1) is 6.92 Å². The van der Waals surface area contributed by atoms with Crippen LogP contribution in [0.25, 0.3) is 5.78 Å². The van der Waals surface area contributed by atoms with E-state index in [4.69, 9.17) is 4.74 Å². The number of nitrogens with zero attached hydrogens (tertiary/aromatic N) is 5. The number of fused-ring (bicyclic) bond motifs is 1. The molecule has 1 fully saturated rings. The van der Waals surface area contributed by atoms with Crippen LogP contribution in [0.4, 0.5) is 11.5 Å². The van der Waals surface area contributed by atoms with Crippen molar-refractivity contribution < 1.29 is 9.53 Å². The standard InChI is InChI=1S/C18H20N6O2/c1-12-3-5-14(6-4-12)23-8-7-15(17(23)25)22-16-9-13(10-26-2)21-18-19-11-20-24(16)18/h3-6,9,11,15,22H,7-8,10H2,1-2H3.